The molecule has 1 heteroatoms. The summed E-state index contributed by atoms with van der Waals surface area (Å²) in [6.45, 7) is 13.6. The predicted octanol–water partition coefficient (Wildman–Crippen LogP) is 3.37. The summed E-state index contributed by atoms with van der Waals surface area (Å²) in [4.78, 5) is 0. The fourth-order valence-corrected chi connectivity index (χ4v) is 1.02. The van der Waals surface area contributed by atoms with E-state index in [-0.39, 0.29) is 0 Å². The number of hydrogen-bond donors (Lipinski definition) is 0. The van der Waals surface area contributed by atoms with Crippen molar-refractivity contribution in [2.75, 3.05) is 0 Å². The molecule has 0 fully saturated rings. The molecule has 0 rings (SSSR count). The second-order valence-electron chi connectivity index (χ2n) is 4.53. The Morgan fingerprint density at radius 2 is 1.36 bits per heavy atom. The van der Waals surface area contributed by atoms with Crippen molar-refractivity contribution in [1.82, 2.24) is 0 Å². The summed E-state index contributed by atoms with van der Waals surface area (Å²) in [5, 5.41) is 0. The van der Waals surface area contributed by atoms with Gasteiger partial charge in [0.25, 0.3) is 0 Å². The Balaban J connectivity index is 4.10. The van der Waals surface area contributed by atoms with Gasteiger partial charge in [0, 0.05) is 11.5 Å². The monoisotopic (exact) mass is 168 g/mol. The lowest BCUT2D eigenvalue weighted by atomic mass is 10.2. The summed E-state index contributed by atoms with van der Waals surface area (Å²) in [5.74, 6) is 7.09. The van der Waals surface area contributed by atoms with E-state index < -0.39 is 8.07 Å². The predicted molar refractivity (Wildman–Crippen MR) is 55.4 cm³/mol. The molecule has 0 bridgehead atoms. The molecule has 1 unspecified atom stereocenters. The lowest BCUT2D eigenvalue weighted by Crippen LogP contribution is -2.24. The van der Waals surface area contributed by atoms with Crippen molar-refractivity contribution in [3.63, 3.8) is 0 Å². The molecule has 0 aromatic carbocycles. The largest absolute Gasteiger partial charge is 0.103 e. The number of rotatable bonds is 1. The highest BCUT2D eigenvalue weighted by molar-refractivity contribution is 6.78. The minimum absolute atomic E-state index is 0.522. The van der Waals surface area contributed by atoms with E-state index in [1.165, 1.54) is 0 Å². The van der Waals surface area contributed by atoms with Gasteiger partial charge in [0.05, 0.1) is 8.07 Å². The maximum absolute atomic E-state index is 3.33. The van der Waals surface area contributed by atoms with E-state index in [1.54, 1.807) is 0 Å². The van der Waals surface area contributed by atoms with E-state index in [1.807, 2.05) is 0 Å². The van der Waals surface area contributed by atoms with E-state index in [2.05, 4.69) is 52.3 Å². The van der Waals surface area contributed by atoms with Crippen LogP contribution in [0.4, 0.5) is 0 Å². The van der Waals surface area contributed by atoms with E-state index in [0.29, 0.717) is 11.5 Å². The van der Waals surface area contributed by atoms with Gasteiger partial charge in [-0.05, 0) is 0 Å². The lowest BCUT2D eigenvalue weighted by molar-refractivity contribution is 0.864. The van der Waals surface area contributed by atoms with Gasteiger partial charge in [-0.1, -0.05) is 40.4 Å². The third kappa shape index (κ3) is 5.09. The van der Waals surface area contributed by atoms with Gasteiger partial charge in [0.1, 0.15) is 0 Å². The molecular formula is C10H20Si. The van der Waals surface area contributed by atoms with E-state index in [9.17, 15) is 0 Å². The van der Waals surface area contributed by atoms with E-state index in [4.69, 9.17) is 0 Å². The van der Waals surface area contributed by atoms with Crippen molar-refractivity contribution < 1.29 is 0 Å². The van der Waals surface area contributed by atoms with Crippen LogP contribution in [0.5, 0.6) is 0 Å². The Labute approximate surface area is 72.4 Å². The smallest absolute Gasteiger partial charge is 0.0609 e. The molecule has 64 valence electrons. The topological polar surface area (TPSA) is 0 Å². The van der Waals surface area contributed by atoms with Crippen LogP contribution in [0.2, 0.25) is 25.2 Å². The van der Waals surface area contributed by atoms with Crippen LogP contribution in [0.3, 0.4) is 0 Å². The van der Waals surface area contributed by atoms with Crippen LogP contribution < -0.4 is 0 Å². The van der Waals surface area contributed by atoms with Gasteiger partial charge in [-0.3, -0.25) is 0 Å². The van der Waals surface area contributed by atoms with Crippen LogP contribution in [0, 0.1) is 17.8 Å². The molecular weight excluding hydrogens is 148 g/mol. The van der Waals surface area contributed by atoms with Crippen molar-refractivity contribution in [1.29, 1.82) is 0 Å². The lowest BCUT2D eigenvalue weighted by Gasteiger charge is -2.19. The minimum Gasteiger partial charge on any atom is -0.103 e. The average molecular weight is 168 g/mol. The summed E-state index contributed by atoms with van der Waals surface area (Å²) in [6.07, 6.45) is 0. The Hall–Kier alpha value is -0.223. The van der Waals surface area contributed by atoms with E-state index in [0.717, 1.165) is 0 Å². The van der Waals surface area contributed by atoms with Gasteiger partial charge in [-0.15, -0.1) is 11.8 Å². The zero-order valence-corrected chi connectivity index (χ0v) is 9.65. The third-order valence-electron chi connectivity index (χ3n) is 1.89. The molecule has 0 saturated heterocycles. The van der Waals surface area contributed by atoms with E-state index >= 15 is 0 Å². The second kappa shape index (κ2) is 3.97. The summed E-state index contributed by atoms with van der Waals surface area (Å²) >= 11 is 0. The molecule has 0 heterocycles. The first kappa shape index (κ1) is 10.8. The van der Waals surface area contributed by atoms with Crippen molar-refractivity contribution in [3.05, 3.63) is 0 Å². The molecule has 0 spiro atoms. The quantitative estimate of drug-likeness (QED) is 0.416. The van der Waals surface area contributed by atoms with Crippen LogP contribution in [-0.4, -0.2) is 8.07 Å². The molecule has 1 atom stereocenters. The van der Waals surface area contributed by atoms with Crippen molar-refractivity contribution in [3.8, 4) is 11.8 Å². The van der Waals surface area contributed by atoms with Gasteiger partial charge >= 0.3 is 0 Å². The van der Waals surface area contributed by atoms with Gasteiger partial charge < -0.3 is 0 Å². The highest BCUT2D eigenvalue weighted by atomic mass is 28.3. The Kier molecular flexibility index (Phi) is 3.89. The number of hydrogen-bond acceptors (Lipinski definition) is 0. The zero-order chi connectivity index (χ0) is 9.07. The van der Waals surface area contributed by atoms with Crippen molar-refractivity contribution in [2.24, 2.45) is 5.92 Å². The first-order chi connectivity index (χ1) is 4.84. The SMILES string of the molecule is CC(C)C#CC(C)[Si](C)(C)C. The van der Waals surface area contributed by atoms with Gasteiger partial charge in [-0.25, -0.2) is 0 Å². The van der Waals surface area contributed by atoms with Crippen molar-refractivity contribution in [2.45, 2.75) is 46.0 Å². The van der Waals surface area contributed by atoms with Crippen LogP contribution in [0.15, 0.2) is 0 Å². The van der Waals surface area contributed by atoms with Gasteiger partial charge in [0.15, 0.2) is 0 Å². The normalized spacial score (nSPS) is 14.1. The molecule has 0 aromatic rings. The fourth-order valence-electron chi connectivity index (χ4n) is 0.508. The first-order valence-corrected chi connectivity index (χ1v) is 7.93. The van der Waals surface area contributed by atoms with Crippen molar-refractivity contribution >= 4 is 8.07 Å². The Morgan fingerprint density at radius 1 is 0.909 bits per heavy atom. The molecule has 0 saturated carbocycles. The molecule has 0 nitrogen and oxygen atoms in total. The Bertz CT molecular complexity index is 164. The summed E-state index contributed by atoms with van der Waals surface area (Å²) < 4.78 is 0. The maximum atomic E-state index is 3.33. The molecule has 0 aliphatic heterocycles. The molecule has 11 heavy (non-hydrogen) atoms. The summed E-state index contributed by atoms with van der Waals surface area (Å²) in [6, 6.07) is 0. The summed E-state index contributed by atoms with van der Waals surface area (Å²) in [7, 11) is -1.00. The molecule has 0 aromatic heterocycles. The van der Waals surface area contributed by atoms with Crippen LogP contribution in [-0.2, 0) is 0 Å². The highest BCUT2D eigenvalue weighted by Crippen LogP contribution is 2.19. The molecule has 0 radical (unpaired) electrons. The molecule has 0 amide bonds. The maximum Gasteiger partial charge on any atom is 0.0609 e. The fraction of sp³-hybridized carbons (Fsp3) is 0.800. The Morgan fingerprint density at radius 3 is 1.64 bits per heavy atom. The first-order valence-electron chi connectivity index (χ1n) is 4.35. The molecule has 0 aliphatic carbocycles. The zero-order valence-electron chi connectivity index (χ0n) is 8.65. The molecule has 0 aliphatic rings. The average Bonchev–Trinajstić information content (AvgIpc) is 1.80. The van der Waals surface area contributed by atoms with Crippen LogP contribution >= 0.6 is 0 Å². The van der Waals surface area contributed by atoms with Gasteiger partial charge in [-0.2, -0.15) is 0 Å². The standard InChI is InChI=1S/C10H20Si/c1-9(2)7-8-10(3)11(4,5)6/h9-10H,1-6H3. The second-order valence-corrected chi connectivity index (χ2v) is 10.1. The minimum atomic E-state index is -1.00. The van der Waals surface area contributed by atoms with Crippen LogP contribution in [0.25, 0.3) is 0 Å². The summed E-state index contributed by atoms with van der Waals surface area (Å²) in [5.41, 5.74) is 0.630. The highest BCUT2D eigenvalue weighted by Gasteiger charge is 2.19. The molecule has 0 N–H and O–H groups in total. The van der Waals surface area contributed by atoms with Crippen LogP contribution in [0.1, 0.15) is 20.8 Å². The van der Waals surface area contributed by atoms with Gasteiger partial charge in [0.2, 0.25) is 0 Å². The third-order valence-corrected chi connectivity index (χ3v) is 4.63.